The van der Waals surface area contributed by atoms with Crippen LogP contribution in [0.2, 0.25) is 0 Å². The maximum Gasteiger partial charge on any atom is 0.160 e. The SMILES string of the molecule is C=C[C@@H]1CO[C@H](OCC)[C@@H]1C. The first-order valence-electron chi connectivity index (χ1n) is 4.15. The van der Waals surface area contributed by atoms with Gasteiger partial charge in [-0.05, 0) is 6.92 Å². The lowest BCUT2D eigenvalue weighted by Gasteiger charge is -2.15. The third kappa shape index (κ3) is 1.82. The van der Waals surface area contributed by atoms with Crippen LogP contribution in [0.5, 0.6) is 0 Å². The van der Waals surface area contributed by atoms with E-state index >= 15 is 0 Å². The molecule has 0 spiro atoms. The van der Waals surface area contributed by atoms with Crippen molar-refractivity contribution in [3.63, 3.8) is 0 Å². The van der Waals surface area contributed by atoms with Crippen molar-refractivity contribution in [3.05, 3.63) is 12.7 Å². The lowest BCUT2D eigenvalue weighted by Crippen LogP contribution is -2.19. The maximum absolute atomic E-state index is 5.42. The molecule has 1 saturated heterocycles. The number of rotatable bonds is 3. The molecule has 1 heterocycles. The van der Waals surface area contributed by atoms with Gasteiger partial charge in [0.2, 0.25) is 0 Å². The Labute approximate surface area is 68.2 Å². The van der Waals surface area contributed by atoms with Gasteiger partial charge < -0.3 is 9.47 Å². The Balaban J connectivity index is 2.41. The van der Waals surface area contributed by atoms with Crippen molar-refractivity contribution < 1.29 is 9.47 Å². The van der Waals surface area contributed by atoms with Gasteiger partial charge in [-0.3, -0.25) is 0 Å². The number of hydrogen-bond acceptors (Lipinski definition) is 2. The summed E-state index contributed by atoms with van der Waals surface area (Å²) in [5, 5.41) is 0. The minimum atomic E-state index is -0.0111. The van der Waals surface area contributed by atoms with Gasteiger partial charge in [0.1, 0.15) is 0 Å². The highest BCUT2D eigenvalue weighted by Gasteiger charge is 2.31. The Kier molecular flexibility index (Phi) is 3.09. The summed E-state index contributed by atoms with van der Waals surface area (Å²) in [5.41, 5.74) is 0. The molecular weight excluding hydrogens is 140 g/mol. The molecule has 0 aromatic rings. The van der Waals surface area contributed by atoms with Crippen molar-refractivity contribution in [1.29, 1.82) is 0 Å². The average molecular weight is 156 g/mol. The van der Waals surface area contributed by atoms with E-state index in [1.54, 1.807) is 0 Å². The normalized spacial score (nSPS) is 37.5. The highest BCUT2D eigenvalue weighted by Crippen LogP contribution is 2.27. The summed E-state index contributed by atoms with van der Waals surface area (Å²) in [5.74, 6) is 0.916. The zero-order valence-corrected chi connectivity index (χ0v) is 7.25. The fraction of sp³-hybridized carbons (Fsp3) is 0.778. The number of hydrogen-bond donors (Lipinski definition) is 0. The fourth-order valence-corrected chi connectivity index (χ4v) is 1.36. The van der Waals surface area contributed by atoms with Crippen LogP contribution in [-0.2, 0) is 9.47 Å². The van der Waals surface area contributed by atoms with Crippen LogP contribution in [0.25, 0.3) is 0 Å². The second-order valence-electron chi connectivity index (χ2n) is 2.92. The summed E-state index contributed by atoms with van der Waals surface area (Å²) in [6.07, 6.45) is 1.94. The quantitative estimate of drug-likeness (QED) is 0.580. The molecular formula is C9H16O2. The van der Waals surface area contributed by atoms with Crippen LogP contribution in [0.4, 0.5) is 0 Å². The van der Waals surface area contributed by atoms with Crippen molar-refractivity contribution in [2.45, 2.75) is 20.1 Å². The summed E-state index contributed by atoms with van der Waals surface area (Å²) in [6, 6.07) is 0. The lowest BCUT2D eigenvalue weighted by atomic mass is 9.97. The molecule has 64 valence electrons. The maximum atomic E-state index is 5.42. The predicted octanol–water partition coefficient (Wildman–Crippen LogP) is 1.82. The minimum Gasteiger partial charge on any atom is -0.353 e. The Morgan fingerprint density at radius 1 is 1.73 bits per heavy atom. The zero-order chi connectivity index (χ0) is 8.27. The third-order valence-corrected chi connectivity index (χ3v) is 2.19. The first-order valence-corrected chi connectivity index (χ1v) is 4.15. The van der Waals surface area contributed by atoms with Gasteiger partial charge in [-0.1, -0.05) is 13.0 Å². The second kappa shape index (κ2) is 3.88. The van der Waals surface area contributed by atoms with E-state index in [-0.39, 0.29) is 6.29 Å². The van der Waals surface area contributed by atoms with Crippen LogP contribution in [0, 0.1) is 11.8 Å². The Morgan fingerprint density at radius 3 is 2.91 bits per heavy atom. The number of ether oxygens (including phenoxy) is 2. The van der Waals surface area contributed by atoms with E-state index in [0.29, 0.717) is 11.8 Å². The van der Waals surface area contributed by atoms with Crippen LogP contribution >= 0.6 is 0 Å². The second-order valence-corrected chi connectivity index (χ2v) is 2.92. The van der Waals surface area contributed by atoms with Crippen LogP contribution in [0.3, 0.4) is 0 Å². The van der Waals surface area contributed by atoms with Crippen molar-refractivity contribution in [3.8, 4) is 0 Å². The Bertz CT molecular complexity index is 134. The molecule has 2 heteroatoms. The topological polar surface area (TPSA) is 18.5 Å². The van der Waals surface area contributed by atoms with Crippen molar-refractivity contribution in [2.24, 2.45) is 11.8 Å². The van der Waals surface area contributed by atoms with Crippen molar-refractivity contribution >= 4 is 0 Å². The molecule has 0 amide bonds. The first kappa shape index (κ1) is 8.75. The van der Waals surface area contributed by atoms with E-state index in [1.807, 2.05) is 13.0 Å². The van der Waals surface area contributed by atoms with Crippen LogP contribution in [0.15, 0.2) is 12.7 Å². The van der Waals surface area contributed by atoms with E-state index in [4.69, 9.17) is 9.47 Å². The highest BCUT2D eigenvalue weighted by atomic mass is 16.7. The molecule has 0 aromatic carbocycles. The highest BCUT2D eigenvalue weighted by molar-refractivity contribution is 4.88. The average Bonchev–Trinajstić information content (AvgIpc) is 2.34. The summed E-state index contributed by atoms with van der Waals surface area (Å²) >= 11 is 0. The molecule has 1 fully saturated rings. The molecule has 0 unspecified atom stereocenters. The summed E-state index contributed by atoms with van der Waals surface area (Å²) in [6.45, 7) is 9.35. The molecule has 0 radical (unpaired) electrons. The van der Waals surface area contributed by atoms with Gasteiger partial charge in [0.15, 0.2) is 6.29 Å². The molecule has 1 rings (SSSR count). The van der Waals surface area contributed by atoms with Crippen LogP contribution < -0.4 is 0 Å². The molecule has 11 heavy (non-hydrogen) atoms. The van der Waals surface area contributed by atoms with Gasteiger partial charge in [0, 0.05) is 18.4 Å². The van der Waals surface area contributed by atoms with E-state index in [2.05, 4.69) is 13.5 Å². The molecule has 0 bridgehead atoms. The van der Waals surface area contributed by atoms with E-state index < -0.39 is 0 Å². The summed E-state index contributed by atoms with van der Waals surface area (Å²) in [7, 11) is 0. The molecule has 0 N–H and O–H groups in total. The van der Waals surface area contributed by atoms with E-state index in [1.165, 1.54) is 0 Å². The van der Waals surface area contributed by atoms with E-state index in [9.17, 15) is 0 Å². The molecule has 2 nitrogen and oxygen atoms in total. The predicted molar refractivity (Wildman–Crippen MR) is 44.2 cm³/mol. The fourth-order valence-electron chi connectivity index (χ4n) is 1.36. The van der Waals surface area contributed by atoms with E-state index in [0.717, 1.165) is 13.2 Å². The van der Waals surface area contributed by atoms with Crippen molar-refractivity contribution in [2.75, 3.05) is 13.2 Å². The molecule has 0 aromatic heterocycles. The minimum absolute atomic E-state index is 0.0111. The van der Waals surface area contributed by atoms with Crippen molar-refractivity contribution in [1.82, 2.24) is 0 Å². The largest absolute Gasteiger partial charge is 0.353 e. The van der Waals surface area contributed by atoms with Gasteiger partial charge >= 0.3 is 0 Å². The smallest absolute Gasteiger partial charge is 0.160 e. The van der Waals surface area contributed by atoms with Gasteiger partial charge in [0.25, 0.3) is 0 Å². The molecule has 0 saturated carbocycles. The Hall–Kier alpha value is -0.340. The van der Waals surface area contributed by atoms with Gasteiger partial charge in [0.05, 0.1) is 6.61 Å². The molecule has 0 aliphatic carbocycles. The lowest BCUT2D eigenvalue weighted by molar-refractivity contribution is -0.124. The van der Waals surface area contributed by atoms with Gasteiger partial charge in [-0.2, -0.15) is 0 Å². The monoisotopic (exact) mass is 156 g/mol. The van der Waals surface area contributed by atoms with Gasteiger partial charge in [-0.15, -0.1) is 6.58 Å². The molecule has 1 aliphatic heterocycles. The third-order valence-electron chi connectivity index (χ3n) is 2.19. The summed E-state index contributed by atoms with van der Waals surface area (Å²) < 4.78 is 10.8. The standard InChI is InChI=1S/C9H16O2/c1-4-8-6-11-9(7(8)3)10-5-2/h4,7-9H,1,5-6H2,2-3H3/t7-,8-,9+/m1/s1. The van der Waals surface area contributed by atoms with Gasteiger partial charge in [-0.25, -0.2) is 0 Å². The van der Waals surface area contributed by atoms with Crippen LogP contribution in [0.1, 0.15) is 13.8 Å². The zero-order valence-electron chi connectivity index (χ0n) is 7.25. The molecule has 3 atom stereocenters. The first-order chi connectivity index (χ1) is 5.29. The Morgan fingerprint density at radius 2 is 2.45 bits per heavy atom. The summed E-state index contributed by atoms with van der Waals surface area (Å²) in [4.78, 5) is 0. The van der Waals surface area contributed by atoms with Crippen LogP contribution in [-0.4, -0.2) is 19.5 Å². The molecule has 1 aliphatic rings.